The second-order valence-electron chi connectivity index (χ2n) is 4.31. The highest BCUT2D eigenvalue weighted by atomic mass is 16.5. The molecule has 0 fully saturated rings. The van der Waals surface area contributed by atoms with Crippen molar-refractivity contribution in [2.45, 2.75) is 5.92 Å². The Morgan fingerprint density at radius 3 is 2.55 bits per heavy atom. The summed E-state index contributed by atoms with van der Waals surface area (Å²) in [6, 6.07) is 7.33. The number of esters is 1. The van der Waals surface area contributed by atoms with Gasteiger partial charge in [0.2, 0.25) is 0 Å². The number of benzene rings is 1. The lowest BCUT2D eigenvalue weighted by Gasteiger charge is -2.09. The van der Waals surface area contributed by atoms with Gasteiger partial charge < -0.3 is 15.2 Å². The minimum atomic E-state index is -0.504. The molecule has 1 atom stereocenters. The standard InChI is InChI=1S/C14H16N2O4/c1-19-13(17)10(7-15)11-8-16(14(18)20-2)12-6-4-3-5-9(11)12/h3-6,8,10H,7,15H2,1-2H3/p+1. The van der Waals surface area contributed by atoms with Crippen molar-refractivity contribution in [2.24, 2.45) is 0 Å². The fourth-order valence-corrected chi connectivity index (χ4v) is 2.28. The molecule has 0 bridgehead atoms. The monoisotopic (exact) mass is 277 g/mol. The smallest absolute Gasteiger partial charge is 0.418 e. The largest absolute Gasteiger partial charge is 0.468 e. The quantitative estimate of drug-likeness (QED) is 0.839. The molecule has 1 unspecified atom stereocenters. The van der Waals surface area contributed by atoms with Crippen LogP contribution in [0.5, 0.6) is 0 Å². The van der Waals surface area contributed by atoms with Crippen molar-refractivity contribution in [3.63, 3.8) is 0 Å². The Hall–Kier alpha value is -2.34. The summed E-state index contributed by atoms with van der Waals surface area (Å²) in [4.78, 5) is 23.6. The van der Waals surface area contributed by atoms with Crippen LogP contribution in [0.1, 0.15) is 11.5 Å². The number of carbonyl (C=O) groups excluding carboxylic acids is 2. The van der Waals surface area contributed by atoms with Gasteiger partial charge in [-0.05, 0) is 11.6 Å². The zero-order valence-corrected chi connectivity index (χ0v) is 11.5. The van der Waals surface area contributed by atoms with E-state index in [1.807, 2.05) is 18.2 Å². The number of fused-ring (bicyclic) bond motifs is 1. The van der Waals surface area contributed by atoms with Gasteiger partial charge in [-0.2, -0.15) is 0 Å². The molecule has 0 saturated carbocycles. The van der Waals surface area contributed by atoms with E-state index in [0.29, 0.717) is 17.6 Å². The summed E-state index contributed by atoms with van der Waals surface area (Å²) >= 11 is 0. The summed E-state index contributed by atoms with van der Waals surface area (Å²) in [5.74, 6) is -0.872. The van der Waals surface area contributed by atoms with Gasteiger partial charge in [0.1, 0.15) is 5.92 Å². The van der Waals surface area contributed by atoms with Crippen LogP contribution >= 0.6 is 0 Å². The van der Waals surface area contributed by atoms with E-state index in [-0.39, 0.29) is 5.97 Å². The molecule has 0 aliphatic carbocycles. The van der Waals surface area contributed by atoms with Crippen LogP contribution in [0.4, 0.5) is 4.79 Å². The number of quaternary nitrogens is 1. The molecule has 2 aromatic rings. The molecular weight excluding hydrogens is 260 g/mol. The lowest BCUT2D eigenvalue weighted by Crippen LogP contribution is -2.54. The summed E-state index contributed by atoms with van der Waals surface area (Å²) < 4.78 is 10.9. The van der Waals surface area contributed by atoms with Crippen LogP contribution in [0, 0.1) is 0 Å². The second kappa shape index (κ2) is 5.75. The maximum absolute atomic E-state index is 11.8. The minimum Gasteiger partial charge on any atom is -0.468 e. The zero-order chi connectivity index (χ0) is 14.7. The first kappa shape index (κ1) is 14.1. The van der Waals surface area contributed by atoms with Gasteiger partial charge >= 0.3 is 12.1 Å². The van der Waals surface area contributed by atoms with Gasteiger partial charge in [-0.25, -0.2) is 4.79 Å². The van der Waals surface area contributed by atoms with Crippen LogP contribution in [0.25, 0.3) is 10.9 Å². The fraction of sp³-hybridized carbons (Fsp3) is 0.286. The van der Waals surface area contributed by atoms with Crippen molar-refractivity contribution < 1.29 is 24.8 Å². The number of hydrogen-bond donors (Lipinski definition) is 1. The van der Waals surface area contributed by atoms with E-state index in [1.54, 1.807) is 12.3 Å². The lowest BCUT2D eigenvalue weighted by molar-refractivity contribution is -0.370. The van der Waals surface area contributed by atoms with Crippen LogP contribution in [0.3, 0.4) is 0 Å². The molecule has 20 heavy (non-hydrogen) atoms. The van der Waals surface area contributed by atoms with Crippen LogP contribution in [0.2, 0.25) is 0 Å². The molecule has 0 amide bonds. The number of aromatic nitrogens is 1. The fourth-order valence-electron chi connectivity index (χ4n) is 2.28. The highest BCUT2D eigenvalue weighted by Gasteiger charge is 2.27. The van der Waals surface area contributed by atoms with Crippen molar-refractivity contribution in [1.29, 1.82) is 0 Å². The van der Waals surface area contributed by atoms with Gasteiger partial charge in [0.05, 0.1) is 26.3 Å². The van der Waals surface area contributed by atoms with E-state index >= 15 is 0 Å². The van der Waals surface area contributed by atoms with Crippen molar-refractivity contribution in [3.05, 3.63) is 36.0 Å². The van der Waals surface area contributed by atoms with Crippen LogP contribution in [0.15, 0.2) is 30.5 Å². The molecule has 0 radical (unpaired) electrons. The van der Waals surface area contributed by atoms with E-state index < -0.39 is 12.0 Å². The van der Waals surface area contributed by atoms with Crippen LogP contribution in [-0.4, -0.2) is 37.4 Å². The first-order valence-corrected chi connectivity index (χ1v) is 6.19. The molecule has 0 saturated heterocycles. The summed E-state index contributed by atoms with van der Waals surface area (Å²) in [6.07, 6.45) is 1.11. The number of rotatable bonds is 3. The Morgan fingerprint density at radius 2 is 1.95 bits per heavy atom. The van der Waals surface area contributed by atoms with Gasteiger partial charge in [0, 0.05) is 11.6 Å². The average molecular weight is 277 g/mol. The molecule has 1 heterocycles. The van der Waals surface area contributed by atoms with Crippen LogP contribution in [-0.2, 0) is 14.3 Å². The molecule has 1 aromatic heterocycles. The molecule has 106 valence electrons. The van der Waals surface area contributed by atoms with Crippen molar-refractivity contribution in [2.75, 3.05) is 20.8 Å². The molecule has 6 heteroatoms. The van der Waals surface area contributed by atoms with Crippen molar-refractivity contribution >= 4 is 23.0 Å². The van der Waals surface area contributed by atoms with Crippen molar-refractivity contribution in [3.8, 4) is 0 Å². The molecule has 3 N–H and O–H groups in total. The molecule has 6 nitrogen and oxygen atoms in total. The number of carbonyl (C=O) groups is 2. The number of ether oxygens (including phenoxy) is 2. The number of methoxy groups -OCH3 is 2. The van der Waals surface area contributed by atoms with Gasteiger partial charge in [0.25, 0.3) is 0 Å². The number of hydrogen-bond acceptors (Lipinski definition) is 4. The maximum Gasteiger partial charge on any atom is 0.418 e. The average Bonchev–Trinajstić information content (AvgIpc) is 2.87. The Kier molecular flexibility index (Phi) is 4.05. The van der Waals surface area contributed by atoms with Gasteiger partial charge in [-0.1, -0.05) is 18.2 Å². The third kappa shape index (κ3) is 2.25. The molecule has 0 aliphatic heterocycles. The molecule has 0 aliphatic rings. The Labute approximate surface area is 116 Å². The zero-order valence-electron chi connectivity index (χ0n) is 11.5. The Morgan fingerprint density at radius 1 is 1.25 bits per heavy atom. The topological polar surface area (TPSA) is 85.2 Å². The Balaban J connectivity index is 2.64. The summed E-state index contributed by atoms with van der Waals surface area (Å²) in [7, 11) is 2.65. The third-order valence-electron chi connectivity index (χ3n) is 3.26. The molecular formula is C14H17N2O4+. The number of nitrogens with zero attached hydrogens (tertiary/aromatic N) is 1. The van der Waals surface area contributed by atoms with E-state index in [2.05, 4.69) is 5.73 Å². The van der Waals surface area contributed by atoms with Gasteiger partial charge in [0.15, 0.2) is 0 Å². The molecule has 0 spiro atoms. The normalized spacial score (nSPS) is 12.2. The van der Waals surface area contributed by atoms with Crippen molar-refractivity contribution in [1.82, 2.24) is 4.57 Å². The third-order valence-corrected chi connectivity index (χ3v) is 3.26. The lowest BCUT2D eigenvalue weighted by atomic mass is 9.99. The minimum absolute atomic E-state index is 0.349. The summed E-state index contributed by atoms with van der Waals surface area (Å²) in [5.41, 5.74) is 5.19. The van der Waals surface area contributed by atoms with E-state index in [4.69, 9.17) is 9.47 Å². The Bertz CT molecular complexity index is 648. The first-order valence-electron chi connectivity index (χ1n) is 6.19. The summed E-state index contributed by atoms with van der Waals surface area (Å²) in [5, 5.41) is 0.817. The molecule has 1 aromatic carbocycles. The second-order valence-corrected chi connectivity index (χ2v) is 4.31. The first-order chi connectivity index (χ1) is 9.63. The highest BCUT2D eigenvalue weighted by Crippen LogP contribution is 2.28. The maximum atomic E-state index is 11.8. The molecule has 2 rings (SSSR count). The highest BCUT2D eigenvalue weighted by molar-refractivity contribution is 5.95. The van der Waals surface area contributed by atoms with Gasteiger partial charge in [-0.3, -0.25) is 9.36 Å². The predicted octanol–water partition coefficient (Wildman–Crippen LogP) is 0.754. The SMILES string of the molecule is COC(=O)C(C[NH3+])c1cn(C(=O)OC)c2ccccc12. The van der Waals surface area contributed by atoms with E-state index in [1.165, 1.54) is 18.8 Å². The van der Waals surface area contributed by atoms with E-state index in [9.17, 15) is 9.59 Å². The predicted molar refractivity (Wildman–Crippen MR) is 72.3 cm³/mol. The summed E-state index contributed by atoms with van der Waals surface area (Å²) in [6.45, 7) is 0.349. The van der Waals surface area contributed by atoms with Crippen LogP contribution < -0.4 is 5.73 Å². The van der Waals surface area contributed by atoms with E-state index in [0.717, 1.165) is 5.39 Å². The number of para-hydroxylation sites is 1. The van der Waals surface area contributed by atoms with Gasteiger partial charge in [-0.15, -0.1) is 0 Å².